The van der Waals surface area contributed by atoms with Gasteiger partial charge >= 0.3 is 6.03 Å². The van der Waals surface area contributed by atoms with Gasteiger partial charge in [0.25, 0.3) is 0 Å². The van der Waals surface area contributed by atoms with E-state index in [-0.39, 0.29) is 25.4 Å². The third-order valence-electron chi connectivity index (χ3n) is 3.37. The lowest BCUT2D eigenvalue weighted by molar-refractivity contribution is 0.203. The molecule has 0 aliphatic heterocycles. The first-order chi connectivity index (χ1) is 9.49. The summed E-state index contributed by atoms with van der Waals surface area (Å²) in [6, 6.07) is 3.48. The summed E-state index contributed by atoms with van der Waals surface area (Å²) in [5.41, 5.74) is 3.27. The molecule has 0 saturated heterocycles. The fourth-order valence-corrected chi connectivity index (χ4v) is 1.83. The van der Waals surface area contributed by atoms with E-state index in [0.717, 1.165) is 22.4 Å². The van der Waals surface area contributed by atoms with Crippen molar-refractivity contribution < 1.29 is 14.6 Å². The third-order valence-corrected chi connectivity index (χ3v) is 3.37. The van der Waals surface area contributed by atoms with Gasteiger partial charge in [-0.05, 0) is 43.9 Å². The van der Waals surface area contributed by atoms with Crippen LogP contribution >= 0.6 is 0 Å². The van der Waals surface area contributed by atoms with E-state index in [1.165, 1.54) is 0 Å². The first-order valence-electron chi connectivity index (χ1n) is 6.84. The molecule has 112 valence electrons. The highest BCUT2D eigenvalue weighted by Gasteiger charge is 2.10. The van der Waals surface area contributed by atoms with Gasteiger partial charge in [-0.15, -0.1) is 0 Å². The van der Waals surface area contributed by atoms with Crippen LogP contribution in [0.4, 0.5) is 4.79 Å². The SMILES string of the molecule is CCC(CO)NC(=O)NCOc1c(C)ccc(C)c1C. The van der Waals surface area contributed by atoms with Crippen LogP contribution in [0.3, 0.4) is 0 Å². The van der Waals surface area contributed by atoms with Crippen LogP contribution < -0.4 is 15.4 Å². The fraction of sp³-hybridized carbons (Fsp3) is 0.533. The molecular formula is C15H24N2O3. The number of amides is 2. The summed E-state index contributed by atoms with van der Waals surface area (Å²) in [5, 5.41) is 14.3. The van der Waals surface area contributed by atoms with E-state index >= 15 is 0 Å². The van der Waals surface area contributed by atoms with Gasteiger partial charge < -0.3 is 20.5 Å². The maximum atomic E-state index is 11.6. The van der Waals surface area contributed by atoms with Crippen molar-refractivity contribution in [2.75, 3.05) is 13.3 Å². The molecule has 0 aliphatic rings. The molecule has 1 aromatic carbocycles. The Morgan fingerprint density at radius 1 is 1.30 bits per heavy atom. The van der Waals surface area contributed by atoms with Crippen LogP contribution in [-0.2, 0) is 0 Å². The largest absolute Gasteiger partial charge is 0.473 e. The Hall–Kier alpha value is -1.75. The topological polar surface area (TPSA) is 70.6 Å². The van der Waals surface area contributed by atoms with Gasteiger partial charge in [-0.3, -0.25) is 0 Å². The molecule has 0 heterocycles. The summed E-state index contributed by atoms with van der Waals surface area (Å²) >= 11 is 0. The molecule has 1 unspecified atom stereocenters. The second-order valence-corrected chi connectivity index (χ2v) is 4.88. The zero-order valence-electron chi connectivity index (χ0n) is 12.6. The number of rotatable bonds is 6. The molecule has 0 aliphatic carbocycles. The van der Waals surface area contributed by atoms with Crippen molar-refractivity contribution in [1.29, 1.82) is 0 Å². The van der Waals surface area contributed by atoms with E-state index in [1.54, 1.807) is 0 Å². The molecular weight excluding hydrogens is 256 g/mol. The molecule has 3 N–H and O–H groups in total. The van der Waals surface area contributed by atoms with Gasteiger partial charge in [0.1, 0.15) is 5.75 Å². The van der Waals surface area contributed by atoms with Crippen molar-refractivity contribution in [3.63, 3.8) is 0 Å². The molecule has 0 bridgehead atoms. The first-order valence-corrected chi connectivity index (χ1v) is 6.84. The first kappa shape index (κ1) is 16.3. The maximum absolute atomic E-state index is 11.6. The molecule has 0 spiro atoms. The van der Waals surface area contributed by atoms with Crippen LogP contribution in [0, 0.1) is 20.8 Å². The number of aliphatic hydroxyl groups excluding tert-OH is 1. The van der Waals surface area contributed by atoms with Gasteiger partial charge in [-0.1, -0.05) is 19.1 Å². The van der Waals surface area contributed by atoms with Gasteiger partial charge in [-0.25, -0.2) is 4.79 Å². The molecule has 1 rings (SSSR count). The summed E-state index contributed by atoms with van der Waals surface area (Å²) in [6.07, 6.45) is 0.681. The number of aryl methyl sites for hydroxylation is 2. The number of hydrogen-bond donors (Lipinski definition) is 3. The molecule has 0 saturated carbocycles. The fourth-order valence-electron chi connectivity index (χ4n) is 1.83. The second kappa shape index (κ2) is 7.75. The van der Waals surface area contributed by atoms with Gasteiger partial charge in [0.15, 0.2) is 6.73 Å². The Morgan fingerprint density at radius 2 is 1.95 bits per heavy atom. The zero-order chi connectivity index (χ0) is 15.1. The maximum Gasteiger partial charge on any atom is 0.317 e. The lowest BCUT2D eigenvalue weighted by Gasteiger charge is -2.17. The van der Waals surface area contributed by atoms with E-state index < -0.39 is 0 Å². The molecule has 1 atom stereocenters. The normalized spacial score (nSPS) is 11.8. The Morgan fingerprint density at radius 3 is 2.55 bits per heavy atom. The number of urea groups is 1. The van der Waals surface area contributed by atoms with Crippen molar-refractivity contribution in [3.8, 4) is 5.75 Å². The van der Waals surface area contributed by atoms with Crippen LogP contribution in [-0.4, -0.2) is 30.5 Å². The summed E-state index contributed by atoms with van der Waals surface area (Å²) < 4.78 is 5.63. The van der Waals surface area contributed by atoms with Crippen LogP contribution in [0.25, 0.3) is 0 Å². The van der Waals surface area contributed by atoms with Crippen LogP contribution in [0.1, 0.15) is 30.0 Å². The number of carbonyl (C=O) groups is 1. The van der Waals surface area contributed by atoms with E-state index in [9.17, 15) is 4.79 Å². The van der Waals surface area contributed by atoms with E-state index in [4.69, 9.17) is 9.84 Å². The molecule has 20 heavy (non-hydrogen) atoms. The predicted molar refractivity (Wildman–Crippen MR) is 79.0 cm³/mol. The number of ether oxygens (including phenoxy) is 1. The monoisotopic (exact) mass is 280 g/mol. The van der Waals surface area contributed by atoms with Gasteiger partial charge in [0.2, 0.25) is 0 Å². The van der Waals surface area contributed by atoms with E-state index in [0.29, 0.717) is 6.42 Å². The molecule has 0 aromatic heterocycles. The number of hydrogen-bond acceptors (Lipinski definition) is 3. The Labute approximate surface area is 120 Å². The van der Waals surface area contributed by atoms with Crippen LogP contribution in [0.5, 0.6) is 5.75 Å². The molecule has 1 aromatic rings. The minimum atomic E-state index is -0.339. The standard InChI is InChI=1S/C15H24N2O3/c1-5-13(8-18)17-15(19)16-9-20-14-11(3)7-6-10(2)12(14)4/h6-7,13,18H,5,8-9H2,1-4H3,(H2,16,17,19). The minimum absolute atomic E-state index is 0.0686. The number of benzene rings is 1. The highest BCUT2D eigenvalue weighted by atomic mass is 16.5. The lowest BCUT2D eigenvalue weighted by Crippen LogP contribution is -2.44. The van der Waals surface area contributed by atoms with Crippen molar-refractivity contribution >= 4 is 6.03 Å². The average Bonchev–Trinajstić information content (AvgIpc) is 2.44. The molecule has 0 radical (unpaired) electrons. The third kappa shape index (κ3) is 4.42. The molecule has 5 nitrogen and oxygen atoms in total. The Balaban J connectivity index is 2.49. The van der Waals surface area contributed by atoms with Crippen molar-refractivity contribution in [1.82, 2.24) is 10.6 Å². The van der Waals surface area contributed by atoms with Crippen molar-refractivity contribution in [2.45, 2.75) is 40.2 Å². The summed E-state index contributed by atoms with van der Waals surface area (Å²) in [4.78, 5) is 11.6. The highest BCUT2D eigenvalue weighted by molar-refractivity contribution is 5.74. The summed E-state index contributed by atoms with van der Waals surface area (Å²) in [6.45, 7) is 7.92. The molecule has 2 amide bonds. The second-order valence-electron chi connectivity index (χ2n) is 4.88. The highest BCUT2D eigenvalue weighted by Crippen LogP contribution is 2.25. The predicted octanol–water partition coefficient (Wildman–Crippen LogP) is 2.02. The Bertz CT molecular complexity index is 457. The zero-order valence-corrected chi connectivity index (χ0v) is 12.6. The summed E-state index contributed by atoms with van der Waals surface area (Å²) in [7, 11) is 0. The summed E-state index contributed by atoms with van der Waals surface area (Å²) in [5.74, 6) is 0.805. The number of aliphatic hydroxyl groups is 1. The van der Waals surface area contributed by atoms with Crippen LogP contribution in [0.15, 0.2) is 12.1 Å². The molecule has 5 heteroatoms. The van der Waals surface area contributed by atoms with Gasteiger partial charge in [0, 0.05) is 0 Å². The van der Waals surface area contributed by atoms with Crippen molar-refractivity contribution in [3.05, 3.63) is 28.8 Å². The van der Waals surface area contributed by atoms with Crippen LogP contribution in [0.2, 0.25) is 0 Å². The lowest BCUT2D eigenvalue weighted by atomic mass is 10.1. The quantitative estimate of drug-likeness (QED) is 0.698. The Kier molecular flexibility index (Phi) is 6.31. The van der Waals surface area contributed by atoms with Crippen molar-refractivity contribution in [2.24, 2.45) is 0 Å². The number of carbonyl (C=O) groups excluding carboxylic acids is 1. The number of nitrogens with one attached hydrogen (secondary N) is 2. The van der Waals surface area contributed by atoms with E-state index in [2.05, 4.69) is 10.6 Å². The van der Waals surface area contributed by atoms with Gasteiger partial charge in [-0.2, -0.15) is 0 Å². The molecule has 0 fully saturated rings. The van der Waals surface area contributed by atoms with Gasteiger partial charge in [0.05, 0.1) is 12.6 Å². The van der Waals surface area contributed by atoms with E-state index in [1.807, 2.05) is 39.8 Å². The average molecular weight is 280 g/mol. The smallest absolute Gasteiger partial charge is 0.317 e. The minimum Gasteiger partial charge on any atom is -0.473 e.